The van der Waals surface area contributed by atoms with Crippen molar-refractivity contribution in [2.45, 2.75) is 60.3 Å². The van der Waals surface area contributed by atoms with E-state index < -0.39 is 0 Å². The molecular formula is C15H26N6. The first-order valence-electron chi connectivity index (χ1n) is 7.58. The summed E-state index contributed by atoms with van der Waals surface area (Å²) >= 11 is 0. The van der Waals surface area contributed by atoms with Crippen LogP contribution >= 0.6 is 0 Å². The highest BCUT2D eigenvalue weighted by molar-refractivity contribution is 5.16. The van der Waals surface area contributed by atoms with Crippen LogP contribution in [0.15, 0.2) is 12.5 Å². The summed E-state index contributed by atoms with van der Waals surface area (Å²) in [5.41, 5.74) is 2.42. The lowest BCUT2D eigenvalue weighted by atomic mass is 10.2. The van der Waals surface area contributed by atoms with E-state index in [0.29, 0.717) is 18.5 Å². The molecule has 0 aliphatic carbocycles. The summed E-state index contributed by atoms with van der Waals surface area (Å²) in [6.07, 6.45) is 3.56. The number of rotatable bonds is 7. The van der Waals surface area contributed by atoms with E-state index in [1.807, 2.05) is 15.6 Å². The van der Waals surface area contributed by atoms with Crippen LogP contribution in [0.5, 0.6) is 0 Å². The van der Waals surface area contributed by atoms with Crippen LogP contribution in [0.2, 0.25) is 0 Å². The molecule has 0 bridgehead atoms. The maximum atomic E-state index is 4.48. The van der Waals surface area contributed by atoms with E-state index in [0.717, 1.165) is 18.9 Å². The van der Waals surface area contributed by atoms with Gasteiger partial charge < -0.3 is 5.32 Å². The van der Waals surface area contributed by atoms with E-state index in [4.69, 9.17) is 0 Å². The average molecular weight is 290 g/mol. The van der Waals surface area contributed by atoms with Crippen molar-refractivity contribution < 1.29 is 0 Å². The average Bonchev–Trinajstić information content (AvgIpc) is 2.96. The quantitative estimate of drug-likeness (QED) is 0.847. The number of nitrogens with zero attached hydrogens (tertiary/aromatic N) is 5. The lowest BCUT2D eigenvalue weighted by Gasteiger charge is -2.10. The largest absolute Gasteiger partial charge is 0.310 e. The first-order valence-corrected chi connectivity index (χ1v) is 7.58. The molecule has 0 amide bonds. The van der Waals surface area contributed by atoms with Crippen LogP contribution in [-0.4, -0.2) is 30.6 Å². The van der Waals surface area contributed by atoms with Gasteiger partial charge in [0.15, 0.2) is 0 Å². The molecule has 0 spiro atoms. The van der Waals surface area contributed by atoms with Gasteiger partial charge in [-0.05, 0) is 12.8 Å². The normalized spacial score (nSPS) is 11.8. The monoisotopic (exact) mass is 290 g/mol. The third-order valence-corrected chi connectivity index (χ3v) is 3.43. The molecule has 1 N–H and O–H groups in total. The van der Waals surface area contributed by atoms with Gasteiger partial charge in [0, 0.05) is 30.4 Å². The third-order valence-electron chi connectivity index (χ3n) is 3.43. The highest BCUT2D eigenvalue weighted by atomic mass is 15.4. The minimum atomic E-state index is 0.474. The van der Waals surface area contributed by atoms with Gasteiger partial charge in [0.1, 0.15) is 18.7 Å². The molecule has 0 atom stereocenters. The van der Waals surface area contributed by atoms with Crippen molar-refractivity contribution in [3.63, 3.8) is 0 Å². The molecule has 2 aromatic heterocycles. The van der Waals surface area contributed by atoms with E-state index in [1.165, 1.54) is 11.3 Å². The Labute approximate surface area is 126 Å². The fourth-order valence-corrected chi connectivity index (χ4v) is 2.18. The molecule has 0 aromatic carbocycles. The van der Waals surface area contributed by atoms with Gasteiger partial charge in [0.25, 0.3) is 0 Å². The summed E-state index contributed by atoms with van der Waals surface area (Å²) in [4.78, 5) is 4.36. The second-order valence-corrected chi connectivity index (χ2v) is 6.20. The number of hydrogen-bond donors (Lipinski definition) is 1. The van der Waals surface area contributed by atoms with E-state index in [9.17, 15) is 0 Å². The minimum absolute atomic E-state index is 0.474. The Hall–Kier alpha value is -1.69. The Kier molecular flexibility index (Phi) is 5.12. The van der Waals surface area contributed by atoms with E-state index in [-0.39, 0.29) is 0 Å². The topological polar surface area (TPSA) is 60.6 Å². The Morgan fingerprint density at radius 1 is 1.14 bits per heavy atom. The maximum absolute atomic E-state index is 4.48. The van der Waals surface area contributed by atoms with Crippen LogP contribution in [-0.2, 0) is 19.6 Å². The van der Waals surface area contributed by atoms with Crippen LogP contribution in [0.25, 0.3) is 0 Å². The molecule has 116 valence electrons. The lowest BCUT2D eigenvalue weighted by Crippen LogP contribution is -2.22. The van der Waals surface area contributed by atoms with E-state index >= 15 is 0 Å². The molecule has 6 heteroatoms. The molecule has 2 heterocycles. The Bertz CT molecular complexity index is 566. The zero-order valence-electron chi connectivity index (χ0n) is 13.7. The van der Waals surface area contributed by atoms with Crippen LogP contribution in [0, 0.1) is 12.8 Å². The summed E-state index contributed by atoms with van der Waals surface area (Å²) < 4.78 is 3.97. The summed E-state index contributed by atoms with van der Waals surface area (Å²) in [5.74, 6) is 1.51. The molecular weight excluding hydrogens is 264 g/mol. The fourth-order valence-electron chi connectivity index (χ4n) is 2.18. The molecule has 2 aromatic rings. The fraction of sp³-hybridized carbons (Fsp3) is 0.667. The zero-order valence-corrected chi connectivity index (χ0v) is 13.7. The van der Waals surface area contributed by atoms with Crippen LogP contribution in [0.1, 0.15) is 44.8 Å². The van der Waals surface area contributed by atoms with Crippen molar-refractivity contribution in [3.05, 3.63) is 29.6 Å². The number of nitrogens with one attached hydrogen (secondary N) is 1. The highest BCUT2D eigenvalue weighted by Gasteiger charge is 2.11. The van der Waals surface area contributed by atoms with Gasteiger partial charge in [-0.25, -0.2) is 9.67 Å². The highest BCUT2D eigenvalue weighted by Crippen LogP contribution is 2.10. The summed E-state index contributed by atoms with van der Waals surface area (Å²) in [5, 5.41) is 12.2. The molecule has 0 aliphatic rings. The summed E-state index contributed by atoms with van der Waals surface area (Å²) in [7, 11) is 0. The second kappa shape index (κ2) is 6.85. The number of aromatic nitrogens is 5. The molecule has 2 rings (SSSR count). The Morgan fingerprint density at radius 3 is 2.57 bits per heavy atom. The third kappa shape index (κ3) is 4.14. The van der Waals surface area contributed by atoms with Crippen molar-refractivity contribution in [1.29, 1.82) is 0 Å². The van der Waals surface area contributed by atoms with Gasteiger partial charge in [-0.3, -0.25) is 4.68 Å². The van der Waals surface area contributed by atoms with Gasteiger partial charge >= 0.3 is 0 Å². The molecule has 0 aliphatic heterocycles. The molecule has 6 nitrogen and oxygen atoms in total. The zero-order chi connectivity index (χ0) is 15.4. The Morgan fingerprint density at radius 2 is 1.90 bits per heavy atom. The first-order chi connectivity index (χ1) is 9.97. The van der Waals surface area contributed by atoms with Crippen molar-refractivity contribution >= 4 is 0 Å². The van der Waals surface area contributed by atoms with Crippen molar-refractivity contribution in [3.8, 4) is 0 Å². The van der Waals surface area contributed by atoms with Gasteiger partial charge in [-0.2, -0.15) is 10.2 Å². The standard InChI is InChI=1S/C15H26N6/c1-11(2)8-21-15(17-10-19-21)9-20-13(5)14(7-18-20)6-16-12(3)4/h7,10-12,16H,6,8-9H2,1-5H3. The van der Waals surface area contributed by atoms with Crippen molar-refractivity contribution in [1.82, 2.24) is 29.9 Å². The molecule has 0 saturated heterocycles. The molecule has 21 heavy (non-hydrogen) atoms. The second-order valence-electron chi connectivity index (χ2n) is 6.20. The van der Waals surface area contributed by atoms with Gasteiger partial charge in [-0.1, -0.05) is 27.7 Å². The molecule has 0 radical (unpaired) electrons. The van der Waals surface area contributed by atoms with E-state index in [2.05, 4.69) is 55.1 Å². The summed E-state index contributed by atoms with van der Waals surface area (Å²) in [6, 6.07) is 0.474. The van der Waals surface area contributed by atoms with Crippen LogP contribution in [0.3, 0.4) is 0 Å². The Balaban J connectivity index is 2.08. The number of hydrogen-bond acceptors (Lipinski definition) is 4. The van der Waals surface area contributed by atoms with Crippen molar-refractivity contribution in [2.75, 3.05) is 0 Å². The maximum Gasteiger partial charge on any atom is 0.148 e. The SMILES string of the molecule is Cc1c(CNC(C)C)cnn1Cc1ncnn1CC(C)C. The van der Waals surface area contributed by atoms with Gasteiger partial charge in [0.2, 0.25) is 0 Å². The molecule has 0 saturated carbocycles. The molecule has 0 unspecified atom stereocenters. The lowest BCUT2D eigenvalue weighted by molar-refractivity contribution is 0.455. The van der Waals surface area contributed by atoms with E-state index in [1.54, 1.807) is 6.33 Å². The van der Waals surface area contributed by atoms with Gasteiger partial charge in [-0.15, -0.1) is 0 Å². The first kappa shape index (κ1) is 15.7. The van der Waals surface area contributed by atoms with Crippen molar-refractivity contribution in [2.24, 2.45) is 5.92 Å². The smallest absolute Gasteiger partial charge is 0.148 e. The van der Waals surface area contributed by atoms with Gasteiger partial charge in [0.05, 0.1) is 6.20 Å². The predicted molar refractivity (Wildman–Crippen MR) is 82.9 cm³/mol. The van der Waals surface area contributed by atoms with Crippen LogP contribution in [0.4, 0.5) is 0 Å². The summed E-state index contributed by atoms with van der Waals surface area (Å²) in [6.45, 7) is 13.2. The minimum Gasteiger partial charge on any atom is -0.310 e. The van der Waals surface area contributed by atoms with Crippen LogP contribution < -0.4 is 5.32 Å². The molecule has 0 fully saturated rings. The predicted octanol–water partition coefficient (Wildman–Crippen LogP) is 1.99.